The Morgan fingerprint density at radius 1 is 1.24 bits per heavy atom. The van der Waals surface area contributed by atoms with Crippen molar-refractivity contribution in [3.8, 4) is 0 Å². The molecule has 1 aromatic rings. The van der Waals surface area contributed by atoms with Gasteiger partial charge in [0.15, 0.2) is 0 Å². The van der Waals surface area contributed by atoms with E-state index >= 15 is 0 Å². The van der Waals surface area contributed by atoms with Crippen LogP contribution in [0.15, 0.2) is 29.2 Å². The number of benzene rings is 1. The number of sulfonamides is 1. The minimum Gasteiger partial charge on any atom is -0.396 e. The molecule has 0 amide bonds. The first-order valence-corrected chi connectivity index (χ1v) is 9.87. The first kappa shape index (κ1) is 16.8. The molecule has 1 aliphatic carbocycles. The minimum atomic E-state index is -3.46. The summed E-state index contributed by atoms with van der Waals surface area (Å²) in [5.74, 6) is 0.660. The van der Waals surface area contributed by atoms with Crippen LogP contribution in [-0.4, -0.2) is 37.2 Å². The molecule has 1 aromatic carbocycles. The molecule has 0 spiro atoms. The molecule has 1 fully saturated rings. The van der Waals surface area contributed by atoms with Crippen LogP contribution in [0.2, 0.25) is 0 Å². The summed E-state index contributed by atoms with van der Waals surface area (Å²) < 4.78 is 27.8. The van der Waals surface area contributed by atoms with Crippen molar-refractivity contribution in [3.63, 3.8) is 0 Å². The van der Waals surface area contributed by atoms with E-state index in [-0.39, 0.29) is 17.9 Å². The van der Waals surface area contributed by atoms with Crippen LogP contribution in [0.4, 0.5) is 0 Å². The molecule has 0 heterocycles. The van der Waals surface area contributed by atoms with Crippen LogP contribution in [0.5, 0.6) is 0 Å². The molecule has 6 heteroatoms. The monoisotopic (exact) mass is 329 g/mol. The van der Waals surface area contributed by atoms with Gasteiger partial charge in [-0.15, -0.1) is 0 Å². The molecule has 2 rings (SSSR count). The summed E-state index contributed by atoms with van der Waals surface area (Å²) in [5.41, 5.74) is 1.04. The quantitative estimate of drug-likeness (QED) is 0.840. The SMILES string of the molecule is Cc1ccc(S(=O)(=O)NC2CCCCC2SCCO)cc1. The third kappa shape index (κ3) is 4.71. The van der Waals surface area contributed by atoms with Gasteiger partial charge in [-0.2, -0.15) is 11.8 Å². The van der Waals surface area contributed by atoms with E-state index in [1.165, 1.54) is 0 Å². The van der Waals surface area contributed by atoms with E-state index in [9.17, 15) is 8.42 Å². The number of thioether (sulfide) groups is 1. The maximum atomic E-state index is 12.5. The lowest BCUT2D eigenvalue weighted by atomic mass is 9.96. The van der Waals surface area contributed by atoms with Crippen molar-refractivity contribution < 1.29 is 13.5 Å². The fraction of sp³-hybridized carbons (Fsp3) is 0.600. The maximum absolute atomic E-state index is 12.5. The predicted octanol–water partition coefficient (Wildman–Crippen LogP) is 2.31. The first-order chi connectivity index (χ1) is 10.0. The summed E-state index contributed by atoms with van der Waals surface area (Å²) >= 11 is 1.67. The van der Waals surface area contributed by atoms with Crippen LogP contribution in [0, 0.1) is 6.92 Å². The van der Waals surface area contributed by atoms with Gasteiger partial charge in [0.2, 0.25) is 10.0 Å². The van der Waals surface area contributed by atoms with Gasteiger partial charge in [-0.25, -0.2) is 13.1 Å². The van der Waals surface area contributed by atoms with E-state index in [0.29, 0.717) is 10.6 Å². The molecular weight excluding hydrogens is 306 g/mol. The van der Waals surface area contributed by atoms with Crippen molar-refractivity contribution in [3.05, 3.63) is 29.8 Å². The van der Waals surface area contributed by atoms with Crippen molar-refractivity contribution >= 4 is 21.8 Å². The third-order valence-corrected chi connectivity index (χ3v) is 6.68. The van der Waals surface area contributed by atoms with Gasteiger partial charge in [0.25, 0.3) is 0 Å². The topological polar surface area (TPSA) is 66.4 Å². The second kappa shape index (κ2) is 7.63. The molecule has 1 saturated carbocycles. The van der Waals surface area contributed by atoms with Crippen molar-refractivity contribution in [1.82, 2.24) is 4.72 Å². The lowest BCUT2D eigenvalue weighted by Gasteiger charge is -2.31. The Hall–Kier alpha value is -0.560. The Balaban J connectivity index is 2.08. The van der Waals surface area contributed by atoms with Gasteiger partial charge >= 0.3 is 0 Å². The fourth-order valence-electron chi connectivity index (χ4n) is 2.62. The van der Waals surface area contributed by atoms with Crippen molar-refractivity contribution in [2.45, 2.75) is 48.8 Å². The van der Waals surface area contributed by atoms with E-state index in [0.717, 1.165) is 31.2 Å². The number of aliphatic hydroxyl groups excluding tert-OH is 1. The van der Waals surface area contributed by atoms with E-state index in [2.05, 4.69) is 4.72 Å². The lowest BCUT2D eigenvalue weighted by molar-refractivity contribution is 0.322. The zero-order valence-corrected chi connectivity index (χ0v) is 13.9. The molecule has 0 saturated heterocycles. The molecule has 1 aliphatic rings. The molecule has 2 N–H and O–H groups in total. The van der Waals surface area contributed by atoms with E-state index in [1.54, 1.807) is 23.9 Å². The molecule has 0 radical (unpaired) electrons. The van der Waals surface area contributed by atoms with Gasteiger partial charge in [-0.05, 0) is 31.9 Å². The Bertz CT molecular complexity index is 543. The second-order valence-electron chi connectivity index (χ2n) is 5.46. The summed E-state index contributed by atoms with van der Waals surface area (Å²) in [6.07, 6.45) is 4.06. The van der Waals surface area contributed by atoms with Crippen LogP contribution in [0.1, 0.15) is 31.2 Å². The smallest absolute Gasteiger partial charge is 0.240 e. The fourth-order valence-corrected chi connectivity index (χ4v) is 5.20. The highest BCUT2D eigenvalue weighted by Crippen LogP contribution is 2.29. The molecule has 0 bridgehead atoms. The van der Waals surface area contributed by atoms with Crippen molar-refractivity contribution in [2.75, 3.05) is 12.4 Å². The Morgan fingerprint density at radius 3 is 2.57 bits per heavy atom. The molecule has 2 unspecified atom stereocenters. The summed E-state index contributed by atoms with van der Waals surface area (Å²) in [4.78, 5) is 0.324. The number of aryl methyl sites for hydroxylation is 1. The number of nitrogens with one attached hydrogen (secondary N) is 1. The molecule has 118 valence electrons. The average molecular weight is 329 g/mol. The van der Waals surface area contributed by atoms with E-state index < -0.39 is 10.0 Å². The van der Waals surface area contributed by atoms with Crippen LogP contribution < -0.4 is 4.72 Å². The van der Waals surface area contributed by atoms with Crippen LogP contribution in [0.25, 0.3) is 0 Å². The highest BCUT2D eigenvalue weighted by molar-refractivity contribution is 8.00. The Labute approximate surface area is 131 Å². The summed E-state index contributed by atoms with van der Waals surface area (Å²) in [6.45, 7) is 2.07. The molecular formula is C15H23NO3S2. The van der Waals surface area contributed by atoms with Gasteiger partial charge in [-0.1, -0.05) is 30.5 Å². The number of rotatable bonds is 6. The maximum Gasteiger partial charge on any atom is 0.240 e. The Kier molecular flexibility index (Phi) is 6.10. The predicted molar refractivity (Wildman–Crippen MR) is 87.1 cm³/mol. The number of hydrogen-bond donors (Lipinski definition) is 2. The van der Waals surface area contributed by atoms with E-state index in [4.69, 9.17) is 5.11 Å². The lowest BCUT2D eigenvalue weighted by Crippen LogP contribution is -2.43. The summed E-state index contributed by atoms with van der Waals surface area (Å²) in [5, 5.41) is 9.22. The minimum absolute atomic E-state index is 0.0402. The molecule has 0 aromatic heterocycles. The molecule has 2 atom stereocenters. The molecule has 0 aliphatic heterocycles. The first-order valence-electron chi connectivity index (χ1n) is 7.34. The number of aliphatic hydroxyl groups is 1. The van der Waals surface area contributed by atoms with Crippen LogP contribution in [-0.2, 0) is 10.0 Å². The largest absolute Gasteiger partial charge is 0.396 e. The van der Waals surface area contributed by atoms with Gasteiger partial charge in [0, 0.05) is 17.0 Å². The van der Waals surface area contributed by atoms with Gasteiger partial charge in [0.1, 0.15) is 0 Å². The summed E-state index contributed by atoms with van der Waals surface area (Å²) in [7, 11) is -3.46. The van der Waals surface area contributed by atoms with E-state index in [1.807, 2.05) is 19.1 Å². The van der Waals surface area contributed by atoms with Gasteiger partial charge in [-0.3, -0.25) is 0 Å². The highest BCUT2D eigenvalue weighted by Gasteiger charge is 2.29. The standard InChI is InChI=1S/C15H23NO3S2/c1-12-6-8-13(9-7-12)21(18,19)16-14-4-2-3-5-15(14)20-11-10-17/h6-9,14-17H,2-5,10-11H2,1H3. The summed E-state index contributed by atoms with van der Waals surface area (Å²) in [6, 6.07) is 6.88. The van der Waals surface area contributed by atoms with Crippen LogP contribution in [0.3, 0.4) is 0 Å². The van der Waals surface area contributed by atoms with Crippen LogP contribution >= 0.6 is 11.8 Å². The number of hydrogen-bond acceptors (Lipinski definition) is 4. The molecule has 21 heavy (non-hydrogen) atoms. The molecule has 4 nitrogen and oxygen atoms in total. The van der Waals surface area contributed by atoms with Gasteiger partial charge < -0.3 is 5.11 Å². The van der Waals surface area contributed by atoms with Crippen molar-refractivity contribution in [2.24, 2.45) is 0 Å². The normalized spacial score (nSPS) is 23.1. The van der Waals surface area contributed by atoms with Crippen molar-refractivity contribution in [1.29, 1.82) is 0 Å². The highest BCUT2D eigenvalue weighted by atomic mass is 32.2. The Morgan fingerprint density at radius 2 is 1.90 bits per heavy atom. The third-order valence-electron chi connectivity index (χ3n) is 3.76. The zero-order valence-electron chi connectivity index (χ0n) is 12.3. The zero-order chi connectivity index (χ0) is 15.3. The van der Waals surface area contributed by atoms with Gasteiger partial charge in [0.05, 0.1) is 11.5 Å². The second-order valence-corrected chi connectivity index (χ2v) is 8.52. The average Bonchev–Trinajstić information content (AvgIpc) is 2.46.